The van der Waals surface area contributed by atoms with Crippen LogP contribution in [0.2, 0.25) is 0 Å². The largest absolute Gasteiger partial charge is 0.395 e. The highest BCUT2D eigenvalue weighted by molar-refractivity contribution is 7.19. The molecule has 1 aliphatic heterocycles. The molecule has 23 heavy (non-hydrogen) atoms. The summed E-state index contributed by atoms with van der Waals surface area (Å²) in [4.78, 5) is 21.0. The number of amides is 1. The quantitative estimate of drug-likeness (QED) is 0.877. The van der Waals surface area contributed by atoms with E-state index in [0.29, 0.717) is 12.2 Å². The van der Waals surface area contributed by atoms with Gasteiger partial charge in [0.2, 0.25) is 0 Å². The summed E-state index contributed by atoms with van der Waals surface area (Å²) < 4.78 is 1.15. The van der Waals surface area contributed by atoms with Gasteiger partial charge in [0.15, 0.2) is 0 Å². The molecule has 0 spiro atoms. The molecule has 0 bridgehead atoms. The van der Waals surface area contributed by atoms with Gasteiger partial charge in [-0.3, -0.25) is 9.69 Å². The lowest BCUT2D eigenvalue weighted by Crippen LogP contribution is -2.25. The van der Waals surface area contributed by atoms with Crippen LogP contribution in [-0.2, 0) is 4.79 Å². The number of thiophene rings is 1. The van der Waals surface area contributed by atoms with Gasteiger partial charge in [0.05, 0.1) is 6.61 Å². The molecular formula is C17H19N3O2S. The van der Waals surface area contributed by atoms with E-state index >= 15 is 0 Å². The molecule has 1 amide bonds. The van der Waals surface area contributed by atoms with Crippen molar-refractivity contribution < 1.29 is 9.90 Å². The summed E-state index contributed by atoms with van der Waals surface area (Å²) in [6.45, 7) is 2.55. The van der Waals surface area contributed by atoms with Crippen molar-refractivity contribution in [3.05, 3.63) is 34.8 Å². The van der Waals surface area contributed by atoms with E-state index in [1.807, 2.05) is 31.0 Å². The highest BCUT2D eigenvalue weighted by Crippen LogP contribution is 2.31. The van der Waals surface area contributed by atoms with Gasteiger partial charge in [-0.1, -0.05) is 6.07 Å². The van der Waals surface area contributed by atoms with Crippen LogP contribution in [0.3, 0.4) is 0 Å². The van der Waals surface area contributed by atoms with Gasteiger partial charge in [-0.25, -0.2) is 4.99 Å². The Balaban J connectivity index is 1.93. The van der Waals surface area contributed by atoms with E-state index < -0.39 is 0 Å². The van der Waals surface area contributed by atoms with Gasteiger partial charge in [0.1, 0.15) is 11.5 Å². The molecule has 3 rings (SSSR count). The van der Waals surface area contributed by atoms with Crippen molar-refractivity contribution in [2.24, 2.45) is 4.99 Å². The summed E-state index contributed by atoms with van der Waals surface area (Å²) in [5.74, 6) is 0.651. The van der Waals surface area contributed by atoms with Crippen molar-refractivity contribution in [3.63, 3.8) is 0 Å². The van der Waals surface area contributed by atoms with Crippen LogP contribution < -0.4 is 4.90 Å². The molecule has 2 heterocycles. The van der Waals surface area contributed by atoms with Gasteiger partial charge in [0.25, 0.3) is 5.91 Å². The number of rotatable bonds is 4. The van der Waals surface area contributed by atoms with Gasteiger partial charge < -0.3 is 10.0 Å². The lowest BCUT2D eigenvalue weighted by Gasteiger charge is -2.17. The van der Waals surface area contributed by atoms with Crippen LogP contribution in [0.1, 0.15) is 11.8 Å². The van der Waals surface area contributed by atoms with Gasteiger partial charge in [-0.15, -0.1) is 11.3 Å². The van der Waals surface area contributed by atoms with E-state index in [9.17, 15) is 4.79 Å². The number of aliphatic hydroxyl groups is 1. The highest BCUT2D eigenvalue weighted by atomic mass is 32.1. The van der Waals surface area contributed by atoms with Crippen LogP contribution in [0.25, 0.3) is 16.2 Å². The molecule has 1 aromatic heterocycles. The van der Waals surface area contributed by atoms with Crippen molar-refractivity contribution in [2.45, 2.75) is 6.92 Å². The molecule has 0 unspecified atom stereocenters. The number of carbonyl (C=O) groups excluding carboxylic acids is 1. The average molecular weight is 329 g/mol. The molecule has 0 radical (unpaired) electrons. The number of nitrogens with zero attached hydrogens (tertiary/aromatic N) is 3. The number of benzene rings is 1. The molecule has 6 heteroatoms. The van der Waals surface area contributed by atoms with Crippen molar-refractivity contribution in [3.8, 4) is 0 Å². The fraction of sp³-hybridized carbons (Fsp3) is 0.294. The van der Waals surface area contributed by atoms with E-state index in [1.165, 1.54) is 0 Å². The average Bonchev–Trinajstić information content (AvgIpc) is 3.03. The lowest BCUT2D eigenvalue weighted by atomic mass is 10.2. The summed E-state index contributed by atoms with van der Waals surface area (Å²) in [7, 11) is 3.69. The molecule has 1 aliphatic rings. The van der Waals surface area contributed by atoms with Crippen molar-refractivity contribution >= 4 is 44.9 Å². The number of likely N-dealkylation sites (N-methyl/N-ethyl adjacent to an activating group) is 2. The Bertz CT molecular complexity index is 822. The molecule has 5 nitrogen and oxygen atoms in total. The Labute approximate surface area is 139 Å². The number of hydrogen-bond donors (Lipinski definition) is 1. The Morgan fingerprint density at radius 3 is 2.83 bits per heavy atom. The minimum absolute atomic E-state index is 0.0664. The Morgan fingerprint density at radius 2 is 2.17 bits per heavy atom. The summed E-state index contributed by atoms with van der Waals surface area (Å²) in [5.41, 5.74) is 1.55. The number of fused-ring (bicyclic) bond motifs is 1. The molecular weight excluding hydrogens is 310 g/mol. The number of carbonyl (C=O) groups is 1. The summed E-state index contributed by atoms with van der Waals surface area (Å²) in [6, 6.07) is 8.28. The van der Waals surface area contributed by atoms with Crippen LogP contribution in [0.4, 0.5) is 5.69 Å². The maximum Gasteiger partial charge on any atom is 0.277 e. The third-order valence-corrected chi connectivity index (χ3v) is 5.01. The molecule has 0 saturated heterocycles. The number of hydrogen-bond acceptors (Lipinski definition) is 5. The van der Waals surface area contributed by atoms with Crippen LogP contribution >= 0.6 is 11.3 Å². The zero-order valence-electron chi connectivity index (χ0n) is 13.4. The molecule has 2 aromatic rings. The zero-order chi connectivity index (χ0) is 16.6. The second kappa shape index (κ2) is 6.14. The summed E-state index contributed by atoms with van der Waals surface area (Å²) in [6.07, 6.45) is 1.84. The fourth-order valence-electron chi connectivity index (χ4n) is 2.47. The third kappa shape index (κ3) is 3.00. The second-order valence-corrected chi connectivity index (χ2v) is 6.68. The molecule has 0 atom stereocenters. The lowest BCUT2D eigenvalue weighted by molar-refractivity contribution is -0.121. The first-order valence-electron chi connectivity index (χ1n) is 7.40. The number of amidine groups is 1. The van der Waals surface area contributed by atoms with Crippen molar-refractivity contribution in [1.29, 1.82) is 0 Å². The first-order valence-corrected chi connectivity index (χ1v) is 8.22. The second-order valence-electron chi connectivity index (χ2n) is 5.57. The van der Waals surface area contributed by atoms with E-state index in [-0.39, 0.29) is 12.5 Å². The van der Waals surface area contributed by atoms with E-state index in [1.54, 1.807) is 23.3 Å². The number of aliphatic imine (C=N–C) groups is 1. The Kier molecular flexibility index (Phi) is 4.19. The molecule has 0 aliphatic carbocycles. The highest BCUT2D eigenvalue weighted by Gasteiger charge is 2.23. The van der Waals surface area contributed by atoms with Crippen LogP contribution in [-0.4, -0.2) is 49.0 Å². The first kappa shape index (κ1) is 15.7. The maximum absolute atomic E-state index is 12.1. The molecule has 0 fully saturated rings. The predicted octanol–water partition coefficient (Wildman–Crippen LogP) is 2.56. The van der Waals surface area contributed by atoms with Crippen LogP contribution in [0, 0.1) is 0 Å². The topological polar surface area (TPSA) is 56.1 Å². The summed E-state index contributed by atoms with van der Waals surface area (Å²) >= 11 is 1.63. The van der Waals surface area contributed by atoms with Gasteiger partial charge in [0, 0.05) is 35.9 Å². The van der Waals surface area contributed by atoms with Gasteiger partial charge >= 0.3 is 0 Å². The molecule has 1 aromatic carbocycles. The van der Waals surface area contributed by atoms with E-state index in [2.05, 4.69) is 23.2 Å². The SMILES string of the molecule is CC1=N/C(=C/c2cc3ccc(N(C)CCO)cc3s2)C(=O)N1C. The number of aliphatic hydroxyl groups excluding tert-OH is 1. The molecule has 120 valence electrons. The Morgan fingerprint density at radius 1 is 1.39 bits per heavy atom. The van der Waals surface area contributed by atoms with E-state index in [0.717, 1.165) is 26.5 Å². The normalized spacial score (nSPS) is 16.5. The standard InChI is InChI=1S/C17H19N3O2S/c1-11-18-15(17(22)20(11)3)10-14-8-12-4-5-13(9-16(12)23-14)19(2)6-7-21/h4-5,8-10,21H,6-7H2,1-3H3/b15-10+. The summed E-state index contributed by atoms with van der Waals surface area (Å²) in [5, 5.41) is 10.2. The Hall–Kier alpha value is -2.18. The zero-order valence-corrected chi connectivity index (χ0v) is 14.2. The first-order chi connectivity index (χ1) is 11.0. The fourth-order valence-corrected chi connectivity index (χ4v) is 3.51. The van der Waals surface area contributed by atoms with Crippen molar-refractivity contribution in [1.82, 2.24) is 4.90 Å². The number of anilines is 1. The van der Waals surface area contributed by atoms with Crippen LogP contribution in [0.5, 0.6) is 0 Å². The molecule has 1 N–H and O–H groups in total. The van der Waals surface area contributed by atoms with Gasteiger partial charge in [-0.05, 0) is 36.6 Å². The minimum atomic E-state index is -0.0664. The van der Waals surface area contributed by atoms with Crippen molar-refractivity contribution in [2.75, 3.05) is 32.1 Å². The smallest absolute Gasteiger partial charge is 0.277 e. The molecule has 0 saturated carbocycles. The minimum Gasteiger partial charge on any atom is -0.395 e. The predicted molar refractivity (Wildman–Crippen MR) is 96.0 cm³/mol. The van der Waals surface area contributed by atoms with E-state index in [4.69, 9.17) is 5.11 Å². The van der Waals surface area contributed by atoms with Gasteiger partial charge in [-0.2, -0.15) is 0 Å². The maximum atomic E-state index is 12.1. The monoisotopic (exact) mass is 329 g/mol. The van der Waals surface area contributed by atoms with Crippen LogP contribution in [0.15, 0.2) is 35.0 Å². The third-order valence-electron chi connectivity index (χ3n) is 3.97.